The molecule has 0 spiro atoms. The number of anilines is 1. The molecular formula is C21H16N2O3S. The van der Waals surface area contributed by atoms with Crippen molar-refractivity contribution in [2.45, 2.75) is 5.22 Å². The van der Waals surface area contributed by atoms with Crippen LogP contribution in [-0.2, 0) is 4.79 Å². The molecule has 1 amide bonds. The van der Waals surface area contributed by atoms with Gasteiger partial charge in [-0.1, -0.05) is 54.2 Å². The van der Waals surface area contributed by atoms with Gasteiger partial charge in [0.15, 0.2) is 11.3 Å². The fraction of sp³-hybridized carbons (Fsp3) is 0.0476. The number of para-hydroxylation sites is 5. The van der Waals surface area contributed by atoms with Crippen LogP contribution in [0.4, 0.5) is 5.69 Å². The number of hydrogen-bond donors (Lipinski definition) is 1. The van der Waals surface area contributed by atoms with E-state index in [-0.39, 0.29) is 11.7 Å². The zero-order valence-corrected chi connectivity index (χ0v) is 15.1. The van der Waals surface area contributed by atoms with Crippen LogP contribution in [-0.4, -0.2) is 16.6 Å². The Morgan fingerprint density at radius 2 is 1.70 bits per heavy atom. The molecule has 0 aliphatic rings. The summed E-state index contributed by atoms with van der Waals surface area (Å²) in [5.41, 5.74) is 2.11. The van der Waals surface area contributed by atoms with Gasteiger partial charge in [-0.2, -0.15) is 0 Å². The number of thioether (sulfide) groups is 1. The highest BCUT2D eigenvalue weighted by molar-refractivity contribution is 7.99. The van der Waals surface area contributed by atoms with E-state index in [1.54, 1.807) is 6.07 Å². The van der Waals surface area contributed by atoms with E-state index in [9.17, 15) is 4.79 Å². The van der Waals surface area contributed by atoms with E-state index in [2.05, 4.69) is 10.3 Å². The first-order valence-electron chi connectivity index (χ1n) is 8.38. The van der Waals surface area contributed by atoms with Crippen molar-refractivity contribution >= 4 is 34.5 Å². The molecule has 0 bridgehead atoms. The lowest BCUT2D eigenvalue weighted by molar-refractivity contribution is -0.113. The van der Waals surface area contributed by atoms with Gasteiger partial charge in [0.25, 0.3) is 5.22 Å². The molecule has 1 heterocycles. The van der Waals surface area contributed by atoms with Gasteiger partial charge in [0.05, 0.1) is 11.4 Å². The van der Waals surface area contributed by atoms with Crippen LogP contribution >= 0.6 is 11.8 Å². The summed E-state index contributed by atoms with van der Waals surface area (Å²) in [6.07, 6.45) is 0. The molecule has 1 aromatic heterocycles. The smallest absolute Gasteiger partial charge is 0.257 e. The van der Waals surface area contributed by atoms with Gasteiger partial charge in [0.2, 0.25) is 5.91 Å². The van der Waals surface area contributed by atoms with Crippen molar-refractivity contribution in [3.05, 3.63) is 78.9 Å². The lowest BCUT2D eigenvalue weighted by Crippen LogP contribution is -2.14. The third kappa shape index (κ3) is 4.30. The summed E-state index contributed by atoms with van der Waals surface area (Å²) in [7, 11) is 0. The topological polar surface area (TPSA) is 64.4 Å². The molecule has 0 fully saturated rings. The van der Waals surface area contributed by atoms with Gasteiger partial charge in [-0.15, -0.1) is 0 Å². The van der Waals surface area contributed by atoms with Crippen LogP contribution in [0.1, 0.15) is 0 Å². The number of nitrogens with one attached hydrogen (secondary N) is 1. The minimum atomic E-state index is -0.161. The van der Waals surface area contributed by atoms with E-state index in [1.165, 1.54) is 11.8 Å². The average Bonchev–Trinajstić information content (AvgIpc) is 3.12. The second kappa shape index (κ2) is 7.97. The number of nitrogens with zero attached hydrogens (tertiary/aromatic N) is 1. The number of aromatic nitrogens is 1. The Kier molecular flexibility index (Phi) is 5.07. The van der Waals surface area contributed by atoms with Crippen LogP contribution in [0.25, 0.3) is 11.1 Å². The van der Waals surface area contributed by atoms with Gasteiger partial charge < -0.3 is 14.5 Å². The highest BCUT2D eigenvalue weighted by Gasteiger charge is 2.11. The van der Waals surface area contributed by atoms with Crippen LogP contribution in [0, 0.1) is 0 Å². The first kappa shape index (κ1) is 17.2. The molecular weight excluding hydrogens is 360 g/mol. The second-order valence-electron chi connectivity index (χ2n) is 5.70. The SMILES string of the molecule is O=C(CSc1nc2ccccc2o1)Nc1ccccc1Oc1ccccc1. The Morgan fingerprint density at radius 3 is 2.56 bits per heavy atom. The maximum absolute atomic E-state index is 12.3. The van der Waals surface area contributed by atoms with E-state index < -0.39 is 0 Å². The highest BCUT2D eigenvalue weighted by Crippen LogP contribution is 2.29. The summed E-state index contributed by atoms with van der Waals surface area (Å²) < 4.78 is 11.5. The van der Waals surface area contributed by atoms with Gasteiger partial charge >= 0.3 is 0 Å². The molecule has 4 rings (SSSR count). The van der Waals surface area contributed by atoms with E-state index in [1.807, 2.05) is 72.8 Å². The number of rotatable bonds is 6. The van der Waals surface area contributed by atoms with Crippen molar-refractivity contribution in [1.29, 1.82) is 0 Å². The summed E-state index contributed by atoms with van der Waals surface area (Å²) >= 11 is 1.25. The fourth-order valence-corrected chi connectivity index (χ4v) is 3.14. The number of fused-ring (bicyclic) bond motifs is 1. The summed E-state index contributed by atoms with van der Waals surface area (Å²) in [5.74, 6) is 1.32. The molecule has 3 aromatic carbocycles. The van der Waals surface area contributed by atoms with E-state index in [0.717, 1.165) is 5.52 Å². The van der Waals surface area contributed by atoms with Gasteiger partial charge in [-0.3, -0.25) is 4.79 Å². The van der Waals surface area contributed by atoms with Gasteiger partial charge in [0.1, 0.15) is 11.3 Å². The predicted molar refractivity (Wildman–Crippen MR) is 106 cm³/mol. The van der Waals surface area contributed by atoms with E-state index in [4.69, 9.17) is 9.15 Å². The second-order valence-corrected chi connectivity index (χ2v) is 6.62. The van der Waals surface area contributed by atoms with Gasteiger partial charge in [-0.25, -0.2) is 4.98 Å². The Bertz CT molecular complexity index is 1030. The van der Waals surface area contributed by atoms with Crippen molar-refractivity contribution in [3.8, 4) is 11.5 Å². The number of ether oxygens (including phenoxy) is 1. The molecule has 27 heavy (non-hydrogen) atoms. The minimum absolute atomic E-state index is 0.161. The van der Waals surface area contributed by atoms with Crippen molar-refractivity contribution in [3.63, 3.8) is 0 Å². The van der Waals surface area contributed by atoms with Crippen molar-refractivity contribution < 1.29 is 13.9 Å². The Balaban J connectivity index is 1.40. The molecule has 0 aliphatic carbocycles. The summed E-state index contributed by atoms with van der Waals surface area (Å²) in [6.45, 7) is 0. The molecule has 0 unspecified atom stereocenters. The van der Waals surface area contributed by atoms with Crippen molar-refractivity contribution in [2.75, 3.05) is 11.1 Å². The molecule has 0 aliphatic heterocycles. The number of amides is 1. The number of carbonyl (C=O) groups is 1. The average molecular weight is 376 g/mol. The quantitative estimate of drug-likeness (QED) is 0.460. The summed E-state index contributed by atoms with van der Waals surface area (Å²) in [6, 6.07) is 24.3. The van der Waals surface area contributed by atoms with Crippen LogP contribution in [0.5, 0.6) is 11.5 Å². The molecule has 0 saturated carbocycles. The third-order valence-electron chi connectivity index (χ3n) is 3.73. The monoisotopic (exact) mass is 376 g/mol. The molecule has 6 heteroatoms. The summed E-state index contributed by atoms with van der Waals surface area (Å²) in [4.78, 5) is 16.7. The maximum atomic E-state index is 12.3. The molecule has 1 N–H and O–H groups in total. The number of carbonyl (C=O) groups excluding carboxylic acids is 1. The predicted octanol–water partition coefficient (Wildman–Crippen LogP) is 5.35. The Labute approximate surface area is 160 Å². The van der Waals surface area contributed by atoms with Crippen LogP contribution in [0.15, 0.2) is 88.5 Å². The largest absolute Gasteiger partial charge is 0.455 e. The summed E-state index contributed by atoms with van der Waals surface area (Å²) in [5, 5.41) is 3.35. The highest BCUT2D eigenvalue weighted by atomic mass is 32.2. The van der Waals surface area contributed by atoms with Gasteiger partial charge in [0, 0.05) is 0 Å². The molecule has 0 saturated heterocycles. The standard InChI is InChI=1S/C21H16N2O3S/c24-20(14-27-21-23-17-11-5-7-13-19(17)26-21)22-16-10-4-6-12-18(16)25-15-8-2-1-3-9-15/h1-13H,14H2,(H,22,24). The number of oxazole rings is 1. The maximum Gasteiger partial charge on any atom is 0.257 e. The molecule has 0 atom stereocenters. The molecule has 5 nitrogen and oxygen atoms in total. The first-order chi connectivity index (χ1) is 13.3. The van der Waals surface area contributed by atoms with Crippen LogP contribution in [0.3, 0.4) is 0 Å². The Hall–Kier alpha value is -3.25. The first-order valence-corrected chi connectivity index (χ1v) is 9.37. The molecule has 0 radical (unpaired) electrons. The van der Waals surface area contributed by atoms with Gasteiger partial charge in [-0.05, 0) is 36.4 Å². The molecule has 134 valence electrons. The third-order valence-corrected chi connectivity index (χ3v) is 4.56. The van der Waals surface area contributed by atoms with E-state index in [0.29, 0.717) is 28.0 Å². The van der Waals surface area contributed by atoms with Crippen LogP contribution in [0.2, 0.25) is 0 Å². The fourth-order valence-electron chi connectivity index (χ4n) is 2.50. The van der Waals surface area contributed by atoms with E-state index >= 15 is 0 Å². The Morgan fingerprint density at radius 1 is 0.963 bits per heavy atom. The lowest BCUT2D eigenvalue weighted by atomic mass is 10.3. The minimum Gasteiger partial charge on any atom is -0.455 e. The molecule has 4 aromatic rings. The normalized spacial score (nSPS) is 10.7. The van der Waals surface area contributed by atoms with Crippen molar-refractivity contribution in [1.82, 2.24) is 4.98 Å². The zero-order chi connectivity index (χ0) is 18.5. The lowest BCUT2D eigenvalue weighted by Gasteiger charge is -2.11. The van der Waals surface area contributed by atoms with Crippen molar-refractivity contribution in [2.24, 2.45) is 0 Å². The number of benzene rings is 3. The zero-order valence-electron chi connectivity index (χ0n) is 14.3. The number of hydrogen-bond acceptors (Lipinski definition) is 5. The van der Waals surface area contributed by atoms with Crippen LogP contribution < -0.4 is 10.1 Å².